The average molecular weight is 258 g/mol. The SMILES string of the molecule is Oc1ccc(Cn2cnc3c(S)ncnc32)cc1. The molecular formula is C12H10N4OS. The van der Waals surface area contributed by atoms with Crippen LogP contribution in [0.25, 0.3) is 11.2 Å². The highest BCUT2D eigenvalue weighted by Gasteiger charge is 2.07. The summed E-state index contributed by atoms with van der Waals surface area (Å²) in [6.45, 7) is 0.640. The molecule has 1 aromatic carbocycles. The van der Waals surface area contributed by atoms with Crippen LogP contribution in [0.3, 0.4) is 0 Å². The first-order valence-electron chi connectivity index (χ1n) is 5.37. The smallest absolute Gasteiger partial charge is 0.164 e. The lowest BCUT2D eigenvalue weighted by molar-refractivity contribution is 0.475. The van der Waals surface area contributed by atoms with Crippen LogP contribution < -0.4 is 0 Å². The van der Waals surface area contributed by atoms with Crippen LogP contribution in [0.5, 0.6) is 5.75 Å². The van der Waals surface area contributed by atoms with E-state index in [1.807, 2.05) is 16.7 Å². The van der Waals surface area contributed by atoms with Crippen LogP contribution in [-0.2, 0) is 6.54 Å². The number of hydrogen-bond donors (Lipinski definition) is 2. The molecule has 0 aliphatic rings. The van der Waals surface area contributed by atoms with Crippen molar-refractivity contribution in [2.45, 2.75) is 11.6 Å². The highest BCUT2D eigenvalue weighted by molar-refractivity contribution is 7.80. The van der Waals surface area contributed by atoms with Gasteiger partial charge in [0.05, 0.1) is 12.9 Å². The number of phenols is 1. The number of hydrogen-bond acceptors (Lipinski definition) is 5. The van der Waals surface area contributed by atoms with E-state index in [9.17, 15) is 5.11 Å². The number of aromatic hydroxyl groups is 1. The van der Waals surface area contributed by atoms with Crippen LogP contribution in [0.15, 0.2) is 41.9 Å². The molecule has 18 heavy (non-hydrogen) atoms. The molecule has 0 unspecified atom stereocenters. The van der Waals surface area contributed by atoms with Crippen LogP contribution in [0.2, 0.25) is 0 Å². The molecule has 2 heterocycles. The third-order valence-corrected chi connectivity index (χ3v) is 3.00. The minimum atomic E-state index is 0.259. The van der Waals surface area contributed by atoms with Crippen molar-refractivity contribution < 1.29 is 5.11 Å². The zero-order valence-electron chi connectivity index (χ0n) is 9.35. The number of imidazole rings is 1. The lowest BCUT2D eigenvalue weighted by Crippen LogP contribution is -1.99. The second-order valence-corrected chi connectivity index (χ2v) is 4.33. The molecule has 0 aliphatic heterocycles. The Balaban J connectivity index is 2.00. The molecule has 90 valence electrons. The summed E-state index contributed by atoms with van der Waals surface area (Å²) in [6, 6.07) is 7.05. The number of rotatable bonds is 2. The van der Waals surface area contributed by atoms with Gasteiger partial charge in [-0.3, -0.25) is 0 Å². The fourth-order valence-corrected chi connectivity index (χ4v) is 1.99. The number of benzene rings is 1. The van der Waals surface area contributed by atoms with Gasteiger partial charge in [0.15, 0.2) is 5.65 Å². The van der Waals surface area contributed by atoms with Gasteiger partial charge in [-0.25, -0.2) is 15.0 Å². The van der Waals surface area contributed by atoms with Crippen LogP contribution >= 0.6 is 12.6 Å². The van der Waals surface area contributed by atoms with Gasteiger partial charge in [0.25, 0.3) is 0 Å². The van der Waals surface area contributed by atoms with Crippen LogP contribution in [0.1, 0.15) is 5.56 Å². The Morgan fingerprint density at radius 2 is 1.89 bits per heavy atom. The monoisotopic (exact) mass is 258 g/mol. The third kappa shape index (κ3) is 1.91. The quantitative estimate of drug-likeness (QED) is 0.544. The molecule has 3 rings (SSSR count). The van der Waals surface area contributed by atoms with Crippen molar-refractivity contribution in [3.05, 3.63) is 42.5 Å². The highest BCUT2D eigenvalue weighted by atomic mass is 32.1. The first kappa shape index (κ1) is 11.0. The van der Waals surface area contributed by atoms with Crippen LogP contribution in [0.4, 0.5) is 0 Å². The van der Waals surface area contributed by atoms with Gasteiger partial charge >= 0.3 is 0 Å². The maximum absolute atomic E-state index is 9.24. The zero-order valence-corrected chi connectivity index (χ0v) is 10.2. The summed E-state index contributed by atoms with van der Waals surface area (Å²) < 4.78 is 1.92. The Bertz CT molecular complexity index is 693. The average Bonchev–Trinajstić information content (AvgIpc) is 2.77. The van der Waals surface area contributed by atoms with E-state index < -0.39 is 0 Å². The lowest BCUT2D eigenvalue weighted by Gasteiger charge is -2.04. The Labute approximate surface area is 109 Å². The second kappa shape index (κ2) is 4.30. The lowest BCUT2D eigenvalue weighted by atomic mass is 10.2. The zero-order chi connectivity index (χ0) is 12.5. The topological polar surface area (TPSA) is 63.8 Å². The van der Waals surface area contributed by atoms with Gasteiger partial charge in [0.1, 0.15) is 22.6 Å². The molecule has 6 heteroatoms. The normalized spacial score (nSPS) is 10.9. The molecule has 0 aliphatic carbocycles. The van der Waals surface area contributed by atoms with Crippen molar-refractivity contribution in [2.75, 3.05) is 0 Å². The van der Waals surface area contributed by atoms with E-state index in [2.05, 4.69) is 27.6 Å². The predicted octanol–water partition coefficient (Wildman–Crippen LogP) is 1.87. The number of thiol groups is 1. The number of phenolic OH excluding ortho intramolecular Hbond substituents is 1. The van der Waals surface area contributed by atoms with Crippen molar-refractivity contribution in [3.63, 3.8) is 0 Å². The maximum atomic E-state index is 9.24. The molecule has 5 nitrogen and oxygen atoms in total. The molecule has 3 aromatic rings. The summed E-state index contributed by atoms with van der Waals surface area (Å²) in [5.41, 5.74) is 2.51. The minimum Gasteiger partial charge on any atom is -0.508 e. The number of aromatic nitrogens is 4. The highest BCUT2D eigenvalue weighted by Crippen LogP contribution is 2.17. The van der Waals surface area contributed by atoms with Crippen molar-refractivity contribution in [2.24, 2.45) is 0 Å². The van der Waals surface area contributed by atoms with E-state index in [1.165, 1.54) is 6.33 Å². The van der Waals surface area contributed by atoms with Crippen LogP contribution in [0, 0.1) is 0 Å². The Hall–Kier alpha value is -2.08. The van der Waals surface area contributed by atoms with Gasteiger partial charge in [-0.05, 0) is 17.7 Å². The summed E-state index contributed by atoms with van der Waals surface area (Å²) >= 11 is 4.24. The first-order valence-corrected chi connectivity index (χ1v) is 5.81. The molecule has 0 amide bonds. The van der Waals surface area contributed by atoms with E-state index >= 15 is 0 Å². The van der Waals surface area contributed by atoms with E-state index in [1.54, 1.807) is 18.5 Å². The molecule has 1 N–H and O–H groups in total. The molecule has 0 spiro atoms. The van der Waals surface area contributed by atoms with Crippen LogP contribution in [-0.4, -0.2) is 24.6 Å². The molecular weight excluding hydrogens is 248 g/mol. The van der Waals surface area contributed by atoms with Crippen molar-refractivity contribution in [1.82, 2.24) is 19.5 Å². The molecule has 2 aromatic heterocycles. The summed E-state index contributed by atoms with van der Waals surface area (Å²) in [4.78, 5) is 12.4. The molecule has 0 fully saturated rings. The Kier molecular flexibility index (Phi) is 2.64. The van der Waals surface area contributed by atoms with Gasteiger partial charge in [-0.15, -0.1) is 12.6 Å². The Morgan fingerprint density at radius 1 is 1.11 bits per heavy atom. The van der Waals surface area contributed by atoms with Crippen molar-refractivity contribution in [3.8, 4) is 5.75 Å². The largest absolute Gasteiger partial charge is 0.508 e. The van der Waals surface area contributed by atoms with E-state index in [0.29, 0.717) is 17.1 Å². The molecule has 0 atom stereocenters. The van der Waals surface area contributed by atoms with Crippen molar-refractivity contribution >= 4 is 23.8 Å². The molecule has 0 saturated carbocycles. The van der Waals surface area contributed by atoms with Gasteiger partial charge in [-0.1, -0.05) is 12.1 Å². The summed E-state index contributed by atoms with van der Waals surface area (Å²) in [5, 5.41) is 9.81. The predicted molar refractivity (Wildman–Crippen MR) is 69.8 cm³/mol. The van der Waals surface area contributed by atoms with Gasteiger partial charge in [0, 0.05) is 0 Å². The van der Waals surface area contributed by atoms with E-state index in [0.717, 1.165) is 11.2 Å². The summed E-state index contributed by atoms with van der Waals surface area (Å²) in [7, 11) is 0. The van der Waals surface area contributed by atoms with Gasteiger partial charge < -0.3 is 9.67 Å². The van der Waals surface area contributed by atoms with E-state index in [-0.39, 0.29) is 5.75 Å². The maximum Gasteiger partial charge on any atom is 0.164 e. The van der Waals surface area contributed by atoms with E-state index in [4.69, 9.17) is 0 Å². The fraction of sp³-hybridized carbons (Fsp3) is 0.0833. The minimum absolute atomic E-state index is 0.259. The Morgan fingerprint density at radius 3 is 2.67 bits per heavy atom. The third-order valence-electron chi connectivity index (χ3n) is 2.67. The molecule has 0 bridgehead atoms. The fourth-order valence-electron chi connectivity index (χ4n) is 1.78. The standard InChI is InChI=1S/C12H10N4OS/c17-9-3-1-8(2-4-9)5-16-7-15-10-11(16)13-6-14-12(10)18/h1-4,6-7,17H,5H2,(H,13,14,18). The molecule has 0 saturated heterocycles. The second-order valence-electron chi connectivity index (χ2n) is 3.91. The summed E-state index contributed by atoms with van der Waals surface area (Å²) in [6.07, 6.45) is 3.19. The van der Waals surface area contributed by atoms with Gasteiger partial charge in [0.2, 0.25) is 0 Å². The first-order chi connectivity index (χ1) is 8.74. The molecule has 0 radical (unpaired) electrons. The number of fused-ring (bicyclic) bond motifs is 1. The van der Waals surface area contributed by atoms with Crippen molar-refractivity contribution in [1.29, 1.82) is 0 Å². The summed E-state index contributed by atoms with van der Waals surface area (Å²) in [5.74, 6) is 0.259. The number of nitrogens with zero attached hydrogens (tertiary/aromatic N) is 4. The van der Waals surface area contributed by atoms with Gasteiger partial charge in [-0.2, -0.15) is 0 Å².